The summed E-state index contributed by atoms with van der Waals surface area (Å²) in [7, 11) is 0. The Kier molecular flexibility index (Phi) is 2.71. The van der Waals surface area contributed by atoms with E-state index in [1.807, 2.05) is 31.2 Å². The molecule has 2 aromatic rings. The molecule has 2 aromatic carbocycles. The van der Waals surface area contributed by atoms with Crippen molar-refractivity contribution in [2.24, 2.45) is 0 Å². The molecule has 0 unspecified atom stereocenters. The summed E-state index contributed by atoms with van der Waals surface area (Å²) >= 11 is 0. The summed E-state index contributed by atoms with van der Waals surface area (Å²) in [5, 5.41) is 10.0. The van der Waals surface area contributed by atoms with Gasteiger partial charge in [0.05, 0.1) is 6.61 Å². The normalized spacial score (nSPS) is 13.8. The number of ether oxygens (including phenoxy) is 1. The molecule has 0 atom stereocenters. The zero-order valence-electron chi connectivity index (χ0n) is 10.4. The number of aryl methyl sites for hydroxylation is 2. The van der Waals surface area contributed by atoms with E-state index in [9.17, 15) is 5.11 Å². The van der Waals surface area contributed by atoms with Gasteiger partial charge in [0, 0.05) is 11.1 Å². The number of phenols is 1. The first-order valence-corrected chi connectivity index (χ1v) is 6.30. The van der Waals surface area contributed by atoms with E-state index in [1.54, 1.807) is 6.07 Å². The zero-order valence-corrected chi connectivity index (χ0v) is 10.4. The first-order chi connectivity index (χ1) is 8.75. The van der Waals surface area contributed by atoms with Crippen LogP contribution in [0.5, 0.6) is 11.5 Å². The van der Waals surface area contributed by atoms with Crippen LogP contribution in [0, 0.1) is 6.92 Å². The zero-order chi connectivity index (χ0) is 12.5. The summed E-state index contributed by atoms with van der Waals surface area (Å²) in [6, 6.07) is 11.8. The van der Waals surface area contributed by atoms with Crippen molar-refractivity contribution in [2.45, 2.75) is 19.8 Å². The van der Waals surface area contributed by atoms with Crippen molar-refractivity contribution >= 4 is 0 Å². The summed E-state index contributed by atoms with van der Waals surface area (Å²) in [6.07, 6.45) is 2.12. The fourth-order valence-corrected chi connectivity index (χ4v) is 2.47. The standard InChI is InChI=1S/C16H16O2/c1-11-7-8-15(17)14(10-11)13-6-2-4-12-5-3-9-18-16(12)13/h2,4,6-8,10,17H,3,5,9H2,1H3. The lowest BCUT2D eigenvalue weighted by Gasteiger charge is -2.21. The van der Waals surface area contributed by atoms with Crippen molar-refractivity contribution in [1.29, 1.82) is 0 Å². The van der Waals surface area contributed by atoms with Gasteiger partial charge in [-0.05, 0) is 37.5 Å². The van der Waals surface area contributed by atoms with Crippen LogP contribution in [0.2, 0.25) is 0 Å². The van der Waals surface area contributed by atoms with Gasteiger partial charge < -0.3 is 9.84 Å². The maximum absolute atomic E-state index is 10.0. The van der Waals surface area contributed by atoms with Crippen LogP contribution in [0.1, 0.15) is 17.5 Å². The van der Waals surface area contributed by atoms with E-state index in [0.29, 0.717) is 5.75 Å². The van der Waals surface area contributed by atoms with Gasteiger partial charge in [0.2, 0.25) is 0 Å². The third-order valence-electron chi connectivity index (χ3n) is 3.38. The van der Waals surface area contributed by atoms with Crippen molar-refractivity contribution in [3.63, 3.8) is 0 Å². The fraction of sp³-hybridized carbons (Fsp3) is 0.250. The third kappa shape index (κ3) is 1.84. The van der Waals surface area contributed by atoms with Gasteiger partial charge in [0.1, 0.15) is 11.5 Å². The third-order valence-corrected chi connectivity index (χ3v) is 3.38. The van der Waals surface area contributed by atoms with Crippen LogP contribution in [0.15, 0.2) is 36.4 Å². The van der Waals surface area contributed by atoms with Crippen LogP contribution in [-0.4, -0.2) is 11.7 Å². The van der Waals surface area contributed by atoms with Crippen molar-refractivity contribution in [3.05, 3.63) is 47.5 Å². The second-order valence-corrected chi connectivity index (χ2v) is 4.77. The summed E-state index contributed by atoms with van der Waals surface area (Å²) < 4.78 is 5.79. The Morgan fingerprint density at radius 3 is 2.89 bits per heavy atom. The first kappa shape index (κ1) is 11.1. The predicted octanol–water partition coefficient (Wildman–Crippen LogP) is 3.69. The predicted molar refractivity (Wildman–Crippen MR) is 72.1 cm³/mol. The van der Waals surface area contributed by atoms with Crippen LogP contribution in [0.4, 0.5) is 0 Å². The second-order valence-electron chi connectivity index (χ2n) is 4.77. The summed E-state index contributed by atoms with van der Waals surface area (Å²) in [5.74, 6) is 1.24. The van der Waals surface area contributed by atoms with Gasteiger partial charge in [-0.3, -0.25) is 0 Å². The molecule has 1 aliphatic rings. The topological polar surface area (TPSA) is 29.5 Å². The van der Waals surface area contributed by atoms with Crippen LogP contribution in [0.3, 0.4) is 0 Å². The SMILES string of the molecule is Cc1ccc(O)c(-c2cccc3c2OCCC3)c1. The number of para-hydroxylation sites is 1. The molecule has 0 saturated carbocycles. The van der Waals surface area contributed by atoms with Crippen molar-refractivity contribution in [3.8, 4) is 22.6 Å². The molecule has 0 fully saturated rings. The summed E-state index contributed by atoms with van der Waals surface area (Å²) in [5.41, 5.74) is 4.22. The van der Waals surface area contributed by atoms with Crippen LogP contribution in [-0.2, 0) is 6.42 Å². The molecule has 1 N–H and O–H groups in total. The van der Waals surface area contributed by atoms with Crippen LogP contribution in [0.25, 0.3) is 11.1 Å². The molecular formula is C16H16O2. The van der Waals surface area contributed by atoms with Gasteiger partial charge in [-0.15, -0.1) is 0 Å². The minimum Gasteiger partial charge on any atom is -0.507 e. The smallest absolute Gasteiger partial charge is 0.130 e. The van der Waals surface area contributed by atoms with Gasteiger partial charge in [-0.25, -0.2) is 0 Å². The molecule has 3 rings (SSSR count). The average Bonchev–Trinajstić information content (AvgIpc) is 2.41. The van der Waals surface area contributed by atoms with Crippen molar-refractivity contribution in [1.82, 2.24) is 0 Å². The van der Waals surface area contributed by atoms with Crippen molar-refractivity contribution < 1.29 is 9.84 Å². The molecule has 0 saturated heterocycles. The molecular weight excluding hydrogens is 224 g/mol. The summed E-state index contributed by atoms with van der Waals surface area (Å²) in [6.45, 7) is 2.79. The van der Waals surface area contributed by atoms with Gasteiger partial charge in [-0.2, -0.15) is 0 Å². The maximum atomic E-state index is 10.0. The molecule has 1 heterocycles. The number of rotatable bonds is 1. The fourth-order valence-electron chi connectivity index (χ4n) is 2.47. The first-order valence-electron chi connectivity index (χ1n) is 6.30. The monoisotopic (exact) mass is 240 g/mol. The van der Waals surface area contributed by atoms with Gasteiger partial charge >= 0.3 is 0 Å². The van der Waals surface area contributed by atoms with Gasteiger partial charge in [0.15, 0.2) is 0 Å². The largest absolute Gasteiger partial charge is 0.507 e. The van der Waals surface area contributed by atoms with Crippen LogP contribution >= 0.6 is 0 Å². The lowest BCUT2D eigenvalue weighted by atomic mass is 9.96. The highest BCUT2D eigenvalue weighted by Gasteiger charge is 2.17. The Bertz CT molecular complexity index is 588. The Hall–Kier alpha value is -1.96. The van der Waals surface area contributed by atoms with Gasteiger partial charge in [0.25, 0.3) is 0 Å². The molecule has 2 nitrogen and oxygen atoms in total. The Morgan fingerprint density at radius 2 is 2.00 bits per heavy atom. The average molecular weight is 240 g/mol. The highest BCUT2D eigenvalue weighted by molar-refractivity contribution is 5.77. The molecule has 0 bridgehead atoms. The molecule has 0 amide bonds. The molecule has 0 aromatic heterocycles. The van der Waals surface area contributed by atoms with E-state index in [0.717, 1.165) is 41.9 Å². The van der Waals surface area contributed by atoms with Crippen molar-refractivity contribution in [2.75, 3.05) is 6.61 Å². The Morgan fingerprint density at radius 1 is 1.11 bits per heavy atom. The molecule has 0 spiro atoms. The minimum absolute atomic E-state index is 0.308. The Labute approximate surface area is 107 Å². The number of fused-ring (bicyclic) bond motifs is 1. The number of hydrogen-bond acceptors (Lipinski definition) is 2. The maximum Gasteiger partial charge on any atom is 0.130 e. The molecule has 0 aliphatic carbocycles. The van der Waals surface area contributed by atoms with E-state index < -0.39 is 0 Å². The van der Waals surface area contributed by atoms with E-state index in [4.69, 9.17) is 4.74 Å². The molecule has 0 radical (unpaired) electrons. The second kappa shape index (κ2) is 4.37. The number of hydrogen-bond donors (Lipinski definition) is 1. The molecule has 1 aliphatic heterocycles. The molecule has 18 heavy (non-hydrogen) atoms. The molecule has 2 heteroatoms. The lowest BCUT2D eigenvalue weighted by Crippen LogP contribution is -2.09. The molecule has 92 valence electrons. The van der Waals surface area contributed by atoms with E-state index >= 15 is 0 Å². The van der Waals surface area contributed by atoms with E-state index in [1.165, 1.54) is 5.56 Å². The van der Waals surface area contributed by atoms with Gasteiger partial charge in [-0.1, -0.05) is 29.8 Å². The van der Waals surface area contributed by atoms with E-state index in [2.05, 4.69) is 6.07 Å². The van der Waals surface area contributed by atoms with Crippen LogP contribution < -0.4 is 4.74 Å². The number of phenolic OH excluding ortho intramolecular Hbond substituents is 1. The highest BCUT2D eigenvalue weighted by atomic mass is 16.5. The Balaban J connectivity index is 2.19. The number of aromatic hydroxyl groups is 1. The quantitative estimate of drug-likeness (QED) is 0.823. The van der Waals surface area contributed by atoms with E-state index in [-0.39, 0.29) is 0 Å². The lowest BCUT2D eigenvalue weighted by molar-refractivity contribution is 0.289. The highest BCUT2D eigenvalue weighted by Crippen LogP contribution is 2.40. The minimum atomic E-state index is 0.308. The summed E-state index contributed by atoms with van der Waals surface area (Å²) in [4.78, 5) is 0. The number of benzene rings is 2.